The number of allylic oxidation sites excluding steroid dienone is 2. The van der Waals surface area contributed by atoms with Crippen LogP contribution in [0.25, 0.3) is 0 Å². The topological polar surface area (TPSA) is 55.8 Å². The van der Waals surface area contributed by atoms with E-state index in [0.29, 0.717) is 6.42 Å². The molecule has 0 N–H and O–H groups in total. The normalized spacial score (nSPS) is 23.2. The van der Waals surface area contributed by atoms with Crippen molar-refractivity contribution in [1.82, 2.24) is 4.90 Å². The van der Waals surface area contributed by atoms with Crippen LogP contribution in [0.3, 0.4) is 0 Å². The summed E-state index contributed by atoms with van der Waals surface area (Å²) in [5.41, 5.74) is -0.0483. The van der Waals surface area contributed by atoms with Crippen molar-refractivity contribution in [2.24, 2.45) is 11.3 Å². The molecule has 0 aromatic carbocycles. The standard InChI is InChI=1S/C17H29NO4/c1-6-13-9-7-8-11-17(15(19)21-4,16(20)22-5)14(13)10-12-18(2)3/h6,14H,7-12H2,1-5H3/b13-6+. The monoisotopic (exact) mass is 311 g/mol. The average Bonchev–Trinajstić information content (AvgIpc) is 2.70. The van der Waals surface area contributed by atoms with Gasteiger partial charge in [0, 0.05) is 5.92 Å². The Morgan fingerprint density at radius 1 is 1.23 bits per heavy atom. The zero-order valence-corrected chi connectivity index (χ0v) is 14.5. The Hall–Kier alpha value is -1.36. The number of methoxy groups -OCH3 is 2. The molecule has 1 fully saturated rings. The van der Waals surface area contributed by atoms with Gasteiger partial charge in [0.2, 0.25) is 0 Å². The lowest BCUT2D eigenvalue weighted by Gasteiger charge is -2.36. The summed E-state index contributed by atoms with van der Waals surface area (Å²) in [6, 6.07) is 0. The molecule has 0 heterocycles. The second kappa shape index (κ2) is 8.32. The van der Waals surface area contributed by atoms with Crippen LogP contribution in [0.2, 0.25) is 0 Å². The summed E-state index contributed by atoms with van der Waals surface area (Å²) >= 11 is 0. The first-order valence-electron chi connectivity index (χ1n) is 7.90. The van der Waals surface area contributed by atoms with Crippen LogP contribution in [0.5, 0.6) is 0 Å². The summed E-state index contributed by atoms with van der Waals surface area (Å²) in [6.45, 7) is 2.78. The SMILES string of the molecule is C/C=C1\CCCCC(C(=O)OC)(C(=O)OC)C1CCN(C)C. The summed E-state index contributed by atoms with van der Waals surface area (Å²) in [4.78, 5) is 27.3. The minimum Gasteiger partial charge on any atom is -0.468 e. The number of nitrogens with zero attached hydrogens (tertiary/aromatic N) is 1. The smallest absolute Gasteiger partial charge is 0.323 e. The van der Waals surface area contributed by atoms with Gasteiger partial charge in [-0.2, -0.15) is 0 Å². The van der Waals surface area contributed by atoms with Crippen LogP contribution < -0.4 is 0 Å². The van der Waals surface area contributed by atoms with Gasteiger partial charge in [-0.1, -0.05) is 18.1 Å². The summed E-state index contributed by atoms with van der Waals surface area (Å²) in [5.74, 6) is -1.10. The molecule has 0 aromatic rings. The third-order valence-electron chi connectivity index (χ3n) is 4.66. The number of rotatable bonds is 5. The van der Waals surface area contributed by atoms with Crippen LogP contribution in [-0.4, -0.2) is 51.7 Å². The fraction of sp³-hybridized carbons (Fsp3) is 0.765. The molecule has 0 amide bonds. The van der Waals surface area contributed by atoms with E-state index in [-0.39, 0.29) is 5.92 Å². The predicted octanol–water partition coefficient (Wildman–Crippen LogP) is 2.41. The number of esters is 2. The Kier molecular flexibility index (Phi) is 7.07. The predicted molar refractivity (Wildman–Crippen MR) is 85.4 cm³/mol. The van der Waals surface area contributed by atoms with E-state index in [1.165, 1.54) is 14.2 Å². The van der Waals surface area contributed by atoms with Gasteiger partial charge in [-0.3, -0.25) is 9.59 Å². The zero-order chi connectivity index (χ0) is 16.8. The van der Waals surface area contributed by atoms with Gasteiger partial charge in [-0.15, -0.1) is 0 Å². The van der Waals surface area contributed by atoms with Gasteiger partial charge in [0.05, 0.1) is 14.2 Å². The molecule has 5 heteroatoms. The lowest BCUT2D eigenvalue weighted by molar-refractivity contribution is -0.173. The van der Waals surface area contributed by atoms with Gasteiger partial charge < -0.3 is 14.4 Å². The van der Waals surface area contributed by atoms with Gasteiger partial charge in [-0.25, -0.2) is 0 Å². The first kappa shape index (κ1) is 18.7. The third kappa shape index (κ3) is 3.69. The van der Waals surface area contributed by atoms with Gasteiger partial charge in [0.15, 0.2) is 5.41 Å². The molecule has 0 saturated heterocycles. The molecule has 0 aromatic heterocycles. The van der Waals surface area contributed by atoms with Crippen LogP contribution >= 0.6 is 0 Å². The molecule has 126 valence electrons. The number of carbonyl (C=O) groups is 2. The van der Waals surface area contributed by atoms with Crippen molar-refractivity contribution in [3.05, 3.63) is 11.6 Å². The second-order valence-corrected chi connectivity index (χ2v) is 6.17. The van der Waals surface area contributed by atoms with Crippen LogP contribution in [0.4, 0.5) is 0 Å². The van der Waals surface area contributed by atoms with E-state index in [1.807, 2.05) is 27.1 Å². The van der Waals surface area contributed by atoms with E-state index >= 15 is 0 Å². The first-order valence-corrected chi connectivity index (χ1v) is 7.90. The molecule has 1 aliphatic rings. The van der Waals surface area contributed by atoms with Gasteiger partial charge >= 0.3 is 11.9 Å². The molecule has 0 bridgehead atoms. The van der Waals surface area contributed by atoms with E-state index in [2.05, 4.69) is 4.90 Å². The highest BCUT2D eigenvalue weighted by Gasteiger charge is 2.55. The maximum Gasteiger partial charge on any atom is 0.323 e. The van der Waals surface area contributed by atoms with Crippen molar-refractivity contribution in [1.29, 1.82) is 0 Å². The number of hydrogen-bond donors (Lipinski definition) is 0. The molecule has 1 aliphatic carbocycles. The molecule has 1 unspecified atom stereocenters. The fourth-order valence-corrected chi connectivity index (χ4v) is 3.50. The van der Waals surface area contributed by atoms with E-state index < -0.39 is 17.4 Å². The van der Waals surface area contributed by atoms with Crippen molar-refractivity contribution in [3.8, 4) is 0 Å². The molecule has 0 aliphatic heterocycles. The Balaban J connectivity index is 3.35. The Morgan fingerprint density at radius 2 is 1.82 bits per heavy atom. The molecular formula is C17H29NO4. The third-order valence-corrected chi connectivity index (χ3v) is 4.66. The van der Waals surface area contributed by atoms with E-state index in [0.717, 1.165) is 37.8 Å². The molecule has 1 atom stereocenters. The Labute approximate surface area is 133 Å². The highest BCUT2D eigenvalue weighted by Crippen LogP contribution is 2.46. The molecule has 0 spiro atoms. The summed E-state index contributed by atoms with van der Waals surface area (Å²) in [7, 11) is 6.67. The van der Waals surface area contributed by atoms with Crippen molar-refractivity contribution < 1.29 is 19.1 Å². The van der Waals surface area contributed by atoms with Crippen molar-refractivity contribution in [3.63, 3.8) is 0 Å². The number of hydrogen-bond acceptors (Lipinski definition) is 5. The van der Waals surface area contributed by atoms with Crippen LogP contribution in [-0.2, 0) is 19.1 Å². The molecule has 0 radical (unpaired) electrons. The van der Waals surface area contributed by atoms with Crippen molar-refractivity contribution >= 4 is 11.9 Å². The maximum absolute atomic E-state index is 12.6. The quantitative estimate of drug-likeness (QED) is 0.338. The van der Waals surface area contributed by atoms with E-state index in [1.54, 1.807) is 0 Å². The number of ether oxygens (including phenoxy) is 2. The first-order chi connectivity index (χ1) is 10.4. The van der Waals surface area contributed by atoms with Crippen LogP contribution in [0.15, 0.2) is 11.6 Å². The van der Waals surface area contributed by atoms with E-state index in [4.69, 9.17) is 9.47 Å². The lowest BCUT2D eigenvalue weighted by Crippen LogP contribution is -2.48. The van der Waals surface area contributed by atoms with Crippen molar-refractivity contribution in [2.75, 3.05) is 34.9 Å². The summed E-state index contributed by atoms with van der Waals surface area (Å²) in [5, 5.41) is 0. The summed E-state index contributed by atoms with van der Waals surface area (Å²) < 4.78 is 10.0. The highest BCUT2D eigenvalue weighted by molar-refractivity contribution is 6.00. The van der Waals surface area contributed by atoms with Crippen LogP contribution in [0.1, 0.15) is 39.0 Å². The zero-order valence-electron chi connectivity index (χ0n) is 14.5. The Bertz CT molecular complexity index is 412. The lowest BCUT2D eigenvalue weighted by atomic mass is 9.68. The maximum atomic E-state index is 12.6. The Morgan fingerprint density at radius 3 is 2.27 bits per heavy atom. The average molecular weight is 311 g/mol. The molecule has 1 rings (SSSR count). The van der Waals surface area contributed by atoms with Crippen LogP contribution in [0, 0.1) is 11.3 Å². The summed E-state index contributed by atoms with van der Waals surface area (Å²) in [6.07, 6.45) is 5.99. The van der Waals surface area contributed by atoms with E-state index in [9.17, 15) is 9.59 Å². The minimum absolute atomic E-state index is 0.165. The van der Waals surface area contributed by atoms with Crippen molar-refractivity contribution in [2.45, 2.75) is 39.0 Å². The van der Waals surface area contributed by atoms with Gasteiger partial charge in [0.1, 0.15) is 0 Å². The minimum atomic E-state index is -1.21. The van der Waals surface area contributed by atoms with Gasteiger partial charge in [-0.05, 0) is 53.2 Å². The molecule has 5 nitrogen and oxygen atoms in total. The molecule has 1 saturated carbocycles. The molecular weight excluding hydrogens is 282 g/mol. The fourth-order valence-electron chi connectivity index (χ4n) is 3.50. The highest BCUT2D eigenvalue weighted by atomic mass is 16.5. The number of carbonyl (C=O) groups excluding carboxylic acids is 2. The molecule has 22 heavy (non-hydrogen) atoms. The largest absolute Gasteiger partial charge is 0.468 e. The van der Waals surface area contributed by atoms with Gasteiger partial charge in [0.25, 0.3) is 0 Å². The second-order valence-electron chi connectivity index (χ2n) is 6.17.